The van der Waals surface area contributed by atoms with Gasteiger partial charge in [-0.1, -0.05) is 0 Å². The minimum Gasteiger partial charge on any atom is -0.479 e. The van der Waals surface area contributed by atoms with Crippen molar-refractivity contribution in [3.8, 4) is 0 Å². The largest absolute Gasteiger partial charge is 0.479 e. The molecule has 0 aliphatic carbocycles. The molecule has 0 aromatic heterocycles. The third kappa shape index (κ3) is 4.18. The summed E-state index contributed by atoms with van der Waals surface area (Å²) in [6, 6.07) is 0. The molecule has 1 fully saturated rings. The highest BCUT2D eigenvalue weighted by Gasteiger charge is 2.40. The Morgan fingerprint density at radius 2 is 1.94 bits per heavy atom. The minimum absolute atomic E-state index is 0.00762. The van der Waals surface area contributed by atoms with E-state index in [2.05, 4.69) is 0 Å². The van der Waals surface area contributed by atoms with Gasteiger partial charge in [0.1, 0.15) is 5.60 Å². The first-order valence-corrected chi connectivity index (χ1v) is 5.89. The molecule has 1 N–H and O–H groups in total. The molecular weight excluding hydrogens is 238 g/mol. The molecule has 1 atom stereocenters. The average Bonchev–Trinajstić information content (AvgIpc) is 2.12. The number of carbonyl (C=O) groups excluding carboxylic acids is 1. The first-order valence-electron chi connectivity index (χ1n) is 5.89. The van der Waals surface area contributed by atoms with Gasteiger partial charge in [-0.3, -0.25) is 0 Å². The van der Waals surface area contributed by atoms with E-state index < -0.39 is 29.4 Å². The fraction of sp³-hybridized carbons (Fsp3) is 0.833. The molecule has 104 valence electrons. The highest BCUT2D eigenvalue weighted by molar-refractivity contribution is 5.75. The van der Waals surface area contributed by atoms with Crippen molar-refractivity contribution < 1.29 is 24.2 Å². The summed E-state index contributed by atoms with van der Waals surface area (Å²) < 4.78 is 10.6. The Bertz CT molecular complexity index is 345. The second-order valence-electron chi connectivity index (χ2n) is 6.07. The fourth-order valence-corrected chi connectivity index (χ4v) is 1.78. The molecule has 1 rings (SSSR count). The number of carboxylic acid groups (broad SMARTS) is 1. The van der Waals surface area contributed by atoms with Gasteiger partial charge in [-0.05, 0) is 34.6 Å². The van der Waals surface area contributed by atoms with Crippen LogP contribution in [0, 0.1) is 0 Å². The lowest BCUT2D eigenvalue weighted by Crippen LogP contribution is -2.57. The first-order chi connectivity index (χ1) is 8.00. The lowest BCUT2D eigenvalue weighted by molar-refractivity contribution is -0.176. The van der Waals surface area contributed by atoms with Crippen molar-refractivity contribution in [2.45, 2.75) is 51.9 Å². The molecule has 0 aromatic rings. The van der Waals surface area contributed by atoms with Crippen LogP contribution in [-0.4, -0.2) is 52.5 Å². The van der Waals surface area contributed by atoms with Gasteiger partial charge in [0.25, 0.3) is 0 Å². The zero-order valence-electron chi connectivity index (χ0n) is 11.5. The number of rotatable bonds is 1. The molecule has 6 nitrogen and oxygen atoms in total. The van der Waals surface area contributed by atoms with E-state index in [0.29, 0.717) is 6.54 Å². The van der Waals surface area contributed by atoms with E-state index in [1.54, 1.807) is 34.6 Å². The normalized spacial score (nSPS) is 23.6. The second kappa shape index (κ2) is 4.76. The molecule has 6 heteroatoms. The van der Waals surface area contributed by atoms with E-state index in [-0.39, 0.29) is 6.54 Å². The fourth-order valence-electron chi connectivity index (χ4n) is 1.78. The Hall–Kier alpha value is -1.30. The van der Waals surface area contributed by atoms with E-state index in [9.17, 15) is 9.59 Å². The third-order valence-corrected chi connectivity index (χ3v) is 2.35. The second-order valence-corrected chi connectivity index (χ2v) is 6.07. The quantitative estimate of drug-likeness (QED) is 0.772. The molecule has 0 saturated carbocycles. The van der Waals surface area contributed by atoms with Gasteiger partial charge < -0.3 is 19.5 Å². The van der Waals surface area contributed by atoms with Crippen LogP contribution in [0.25, 0.3) is 0 Å². The van der Waals surface area contributed by atoms with Crippen LogP contribution in [0.1, 0.15) is 34.6 Å². The maximum Gasteiger partial charge on any atom is 0.410 e. The number of hydrogen-bond donors (Lipinski definition) is 1. The van der Waals surface area contributed by atoms with Crippen molar-refractivity contribution in [1.82, 2.24) is 4.90 Å². The summed E-state index contributed by atoms with van der Waals surface area (Å²) in [7, 11) is 0. The summed E-state index contributed by atoms with van der Waals surface area (Å²) in [5.41, 5.74) is -1.30. The van der Waals surface area contributed by atoms with Gasteiger partial charge in [0.15, 0.2) is 6.10 Å². The van der Waals surface area contributed by atoms with Gasteiger partial charge in [0.2, 0.25) is 0 Å². The molecule has 1 saturated heterocycles. The number of ether oxygens (including phenoxy) is 2. The number of nitrogens with zero attached hydrogens (tertiary/aromatic N) is 1. The lowest BCUT2D eigenvalue weighted by Gasteiger charge is -2.41. The van der Waals surface area contributed by atoms with Crippen LogP contribution >= 0.6 is 0 Å². The number of carbonyl (C=O) groups is 2. The van der Waals surface area contributed by atoms with Crippen LogP contribution in [0.15, 0.2) is 0 Å². The molecule has 0 radical (unpaired) electrons. The zero-order chi connectivity index (χ0) is 14.1. The van der Waals surface area contributed by atoms with E-state index in [4.69, 9.17) is 14.6 Å². The number of amides is 1. The van der Waals surface area contributed by atoms with E-state index in [0.717, 1.165) is 0 Å². The van der Waals surface area contributed by atoms with Gasteiger partial charge in [-0.25, -0.2) is 9.59 Å². The van der Waals surface area contributed by atoms with Crippen molar-refractivity contribution >= 4 is 12.1 Å². The van der Waals surface area contributed by atoms with Crippen LogP contribution < -0.4 is 0 Å². The molecule has 1 aliphatic heterocycles. The Balaban J connectivity index is 2.76. The molecule has 0 spiro atoms. The Morgan fingerprint density at radius 1 is 1.39 bits per heavy atom. The predicted molar refractivity (Wildman–Crippen MR) is 64.4 cm³/mol. The number of hydrogen-bond acceptors (Lipinski definition) is 4. The Labute approximate surface area is 107 Å². The van der Waals surface area contributed by atoms with Crippen molar-refractivity contribution in [2.75, 3.05) is 13.1 Å². The smallest absolute Gasteiger partial charge is 0.410 e. The standard InChI is InChI=1S/C12H21NO5/c1-11(2,3)18-10(16)13-6-8(9(14)15)17-12(4,5)7-13/h8H,6-7H2,1-5H3,(H,14,15)/t8-/m0/s1. The summed E-state index contributed by atoms with van der Waals surface area (Å²) in [4.78, 5) is 24.3. The van der Waals surface area contributed by atoms with Crippen LogP contribution in [0.2, 0.25) is 0 Å². The van der Waals surface area contributed by atoms with Crippen molar-refractivity contribution in [2.24, 2.45) is 0 Å². The minimum atomic E-state index is -1.07. The number of aliphatic carboxylic acids is 1. The average molecular weight is 259 g/mol. The molecule has 0 bridgehead atoms. The maximum absolute atomic E-state index is 11.9. The van der Waals surface area contributed by atoms with E-state index in [1.807, 2.05) is 0 Å². The molecular formula is C12H21NO5. The van der Waals surface area contributed by atoms with Gasteiger partial charge in [-0.15, -0.1) is 0 Å². The van der Waals surface area contributed by atoms with Crippen molar-refractivity contribution in [1.29, 1.82) is 0 Å². The maximum atomic E-state index is 11.9. The van der Waals surface area contributed by atoms with Gasteiger partial charge in [0.05, 0.1) is 18.7 Å². The van der Waals surface area contributed by atoms with Crippen LogP contribution in [0.4, 0.5) is 4.79 Å². The van der Waals surface area contributed by atoms with Crippen molar-refractivity contribution in [3.63, 3.8) is 0 Å². The topological polar surface area (TPSA) is 76.1 Å². The highest BCUT2D eigenvalue weighted by Crippen LogP contribution is 2.23. The Morgan fingerprint density at radius 3 is 2.39 bits per heavy atom. The molecule has 0 aromatic carbocycles. The number of carboxylic acids is 1. The molecule has 1 heterocycles. The van der Waals surface area contributed by atoms with Crippen molar-refractivity contribution in [3.05, 3.63) is 0 Å². The number of morpholine rings is 1. The zero-order valence-corrected chi connectivity index (χ0v) is 11.5. The third-order valence-electron chi connectivity index (χ3n) is 2.35. The summed E-state index contributed by atoms with van der Waals surface area (Å²) in [5.74, 6) is -1.07. The monoisotopic (exact) mass is 259 g/mol. The lowest BCUT2D eigenvalue weighted by atomic mass is 10.1. The highest BCUT2D eigenvalue weighted by atomic mass is 16.6. The first kappa shape index (κ1) is 14.8. The predicted octanol–water partition coefficient (Wildman–Crippen LogP) is 1.49. The van der Waals surface area contributed by atoms with Crippen LogP contribution in [-0.2, 0) is 14.3 Å². The van der Waals surface area contributed by atoms with Crippen LogP contribution in [0.3, 0.4) is 0 Å². The molecule has 18 heavy (non-hydrogen) atoms. The van der Waals surface area contributed by atoms with Gasteiger partial charge in [-0.2, -0.15) is 0 Å². The SMILES string of the molecule is CC(C)(C)OC(=O)N1C[C@@H](C(=O)O)OC(C)(C)C1. The summed E-state index contributed by atoms with van der Waals surface area (Å²) in [6.45, 7) is 9.12. The van der Waals surface area contributed by atoms with Gasteiger partial charge >= 0.3 is 12.1 Å². The van der Waals surface area contributed by atoms with Crippen LogP contribution in [0.5, 0.6) is 0 Å². The summed E-state index contributed by atoms with van der Waals surface area (Å²) in [5, 5.41) is 9.00. The molecule has 0 unspecified atom stereocenters. The molecule has 1 aliphatic rings. The summed E-state index contributed by atoms with van der Waals surface area (Å²) >= 11 is 0. The molecule has 1 amide bonds. The van der Waals surface area contributed by atoms with E-state index >= 15 is 0 Å². The van der Waals surface area contributed by atoms with Gasteiger partial charge in [0, 0.05) is 0 Å². The van der Waals surface area contributed by atoms with E-state index in [1.165, 1.54) is 4.90 Å². The Kier molecular flexibility index (Phi) is 3.90. The summed E-state index contributed by atoms with van der Waals surface area (Å²) in [6.07, 6.45) is -1.52.